The zero-order chi connectivity index (χ0) is 18.0. The van der Waals surface area contributed by atoms with Crippen LogP contribution in [0.15, 0.2) is 0 Å². The van der Waals surface area contributed by atoms with E-state index in [1.165, 1.54) is 0 Å². The second kappa shape index (κ2) is 33.3. The van der Waals surface area contributed by atoms with Crippen molar-refractivity contribution in [3.63, 3.8) is 0 Å². The normalized spacial score (nSPS) is 9.08. The van der Waals surface area contributed by atoms with Crippen molar-refractivity contribution in [1.82, 2.24) is 0 Å². The van der Waals surface area contributed by atoms with E-state index in [4.69, 9.17) is 70.5 Å². The molecule has 128 valence electrons. The van der Waals surface area contributed by atoms with Gasteiger partial charge in [0, 0.05) is 0 Å². The molecule has 26 heteroatoms. The first-order valence-corrected chi connectivity index (χ1v) is 12.0. The van der Waals surface area contributed by atoms with Crippen molar-refractivity contribution in [3.05, 3.63) is 0 Å². The van der Waals surface area contributed by atoms with E-state index in [1.807, 2.05) is 0 Å². The zero-order valence-corrected chi connectivity index (χ0v) is 31.4. The van der Waals surface area contributed by atoms with Gasteiger partial charge in [-0.15, -0.1) is 0 Å². The molecule has 0 N–H and O–H groups in total. The predicted octanol–water partition coefficient (Wildman–Crippen LogP) is -16.1. The fourth-order valence-electron chi connectivity index (χ4n) is 0. The summed E-state index contributed by atoms with van der Waals surface area (Å²) < 4.78 is 86.0. The Morgan fingerprint density at radius 3 is 0.423 bits per heavy atom. The smallest absolute Gasteiger partial charge is 2.00 e. The van der Waals surface area contributed by atoms with E-state index in [9.17, 15) is 0 Å². The minimum atomic E-state index is -5.88. The van der Waals surface area contributed by atoms with Crippen molar-refractivity contribution < 1.29 is 70.5 Å². The molecule has 0 rings (SSSR count). The summed E-state index contributed by atoms with van der Waals surface area (Å²) in [7, 11) is -10.8. The molecule has 0 aliphatic carbocycles. The van der Waals surface area contributed by atoms with Gasteiger partial charge in [0.2, 0.25) is 0 Å². The molecule has 0 aliphatic rings. The Kier molecular flexibility index (Phi) is 82.4. The van der Waals surface area contributed by atoms with Gasteiger partial charge in [0.05, 0.1) is 0 Å². The average Bonchev–Trinajstić information content (AvgIpc) is 1.62. The van der Waals surface area contributed by atoms with Gasteiger partial charge in [-0.25, -0.2) is 0 Å². The minimum Gasteiger partial charge on any atom is 2.00 e. The van der Waals surface area contributed by atoms with Gasteiger partial charge in [-0.1, -0.05) is 0 Å². The molecule has 26 heavy (non-hydrogen) atoms. The molecule has 0 radical (unpaired) electrons. The second-order valence-corrected chi connectivity index (χ2v) is 7.33. The Hall–Kier alpha value is 8.26. The number of hydrogen-bond acceptors (Lipinski definition) is 16. The maximum Gasteiger partial charge on any atom is 2.00 e. The molecule has 0 saturated carbocycles. The zero-order valence-electron chi connectivity index (χ0n) is 12.6. The van der Waals surface area contributed by atoms with Crippen LogP contribution in [0.5, 0.6) is 0 Å². The third kappa shape index (κ3) is 462. The SMILES string of the molecule is O=P([O-])([O-])[O-].O=P([O-])([O-])[O-].O=[As]([O-])([O-])[O-].O=[As]([O-])([O-])[O-].[Ca+2].[Ca+2].[Ca+2].[Ca+2].[Ca+2].[Ca+2]. The first kappa shape index (κ1) is 64.4. The van der Waals surface area contributed by atoms with Gasteiger partial charge < -0.3 is 38.5 Å². The van der Waals surface area contributed by atoms with Crippen LogP contribution in [0.3, 0.4) is 0 Å². The number of hydrogen-bond donors (Lipinski definition) is 0. The topological polar surface area (TPSA) is 345 Å². The van der Waals surface area contributed by atoms with Crippen LogP contribution in [0.1, 0.15) is 0 Å². The van der Waals surface area contributed by atoms with E-state index >= 15 is 0 Å². The van der Waals surface area contributed by atoms with Crippen LogP contribution in [0, 0.1) is 0 Å². The molecular weight excluding hydrogens is 708 g/mol. The largest absolute Gasteiger partial charge is 2.00 e. The molecule has 0 unspecified atom stereocenters. The molecular formula is As2Ca6O16P2. The molecule has 0 heterocycles. The maximum atomic E-state index is 8.61. The summed E-state index contributed by atoms with van der Waals surface area (Å²) in [5.41, 5.74) is 0. The maximum absolute atomic E-state index is 8.61. The summed E-state index contributed by atoms with van der Waals surface area (Å²) in [5.74, 6) is 0. The van der Waals surface area contributed by atoms with Crippen molar-refractivity contribution >= 4 is 271 Å². The number of rotatable bonds is 0. The van der Waals surface area contributed by atoms with Crippen LogP contribution in [-0.4, -0.2) is 255 Å². The van der Waals surface area contributed by atoms with Crippen molar-refractivity contribution in [2.45, 2.75) is 0 Å². The molecule has 0 saturated heterocycles. The Morgan fingerprint density at radius 1 is 0.423 bits per heavy atom. The van der Waals surface area contributed by atoms with Crippen LogP contribution < -0.4 is 53.9 Å². The van der Waals surface area contributed by atoms with Gasteiger partial charge in [0.25, 0.3) is 0 Å². The average molecular weight is 708 g/mol. The summed E-state index contributed by atoms with van der Waals surface area (Å²) in [5, 5.41) is 0. The molecule has 0 bridgehead atoms. The Morgan fingerprint density at radius 2 is 0.423 bits per heavy atom. The minimum absolute atomic E-state index is 0. The van der Waals surface area contributed by atoms with Crippen molar-refractivity contribution in [1.29, 1.82) is 0 Å². The van der Waals surface area contributed by atoms with Crippen molar-refractivity contribution in [3.8, 4) is 0 Å². The van der Waals surface area contributed by atoms with Crippen LogP contribution in [0.25, 0.3) is 0 Å². The standard InChI is InChI=1S/2AsH3O4.6Ca.2H3O4P/c2*2-1(3,4)5;;;;;;;2*1-5(2,3)4/h2*(H3,2,3,4,5);;;;;;;2*(H3,1,2,3,4)/q;;6*+2;;/p-12. The molecule has 0 amide bonds. The summed E-state index contributed by atoms with van der Waals surface area (Å²) in [6.07, 6.45) is 0. The van der Waals surface area contributed by atoms with E-state index in [0.29, 0.717) is 0 Å². The van der Waals surface area contributed by atoms with Crippen LogP contribution in [0.2, 0.25) is 0 Å². The second-order valence-electron chi connectivity index (χ2n) is 1.79. The fraction of sp³-hybridized carbons (Fsp3) is 0. The molecule has 0 aliphatic heterocycles. The van der Waals surface area contributed by atoms with Crippen LogP contribution >= 0.6 is 15.6 Å². The number of phosphoric acid groups is 2. The van der Waals surface area contributed by atoms with Crippen molar-refractivity contribution in [2.75, 3.05) is 0 Å². The molecule has 0 aromatic carbocycles. The Balaban J connectivity index is -0.0000000152. The van der Waals surface area contributed by atoms with Crippen LogP contribution in [0.4, 0.5) is 0 Å². The quantitative estimate of drug-likeness (QED) is 0.166. The first-order chi connectivity index (χ1) is 8.00. The van der Waals surface area contributed by atoms with Crippen molar-refractivity contribution in [2.24, 2.45) is 0 Å². The first-order valence-electron chi connectivity index (χ1n) is 2.92. The molecule has 0 spiro atoms. The van der Waals surface area contributed by atoms with E-state index in [-0.39, 0.29) is 226 Å². The molecule has 0 aromatic heterocycles. The predicted molar refractivity (Wildman–Crippen MR) is 62.6 cm³/mol. The summed E-state index contributed by atoms with van der Waals surface area (Å²) in [6, 6.07) is 0. The van der Waals surface area contributed by atoms with Gasteiger partial charge in [0.15, 0.2) is 0 Å². The van der Waals surface area contributed by atoms with Crippen LogP contribution in [-0.2, 0) is 16.6 Å². The monoisotopic (exact) mass is 707 g/mol. The summed E-state index contributed by atoms with van der Waals surface area (Å²) >= 11 is -11.8. The molecule has 16 nitrogen and oxygen atoms in total. The van der Waals surface area contributed by atoms with Gasteiger partial charge in [0.1, 0.15) is 0 Å². The summed E-state index contributed by atoms with van der Waals surface area (Å²) in [4.78, 5) is 51.3. The Bertz CT molecular complexity index is 303. The molecule has 0 fully saturated rings. The third-order valence-corrected chi connectivity index (χ3v) is 0. The van der Waals surface area contributed by atoms with E-state index in [2.05, 4.69) is 0 Å². The van der Waals surface area contributed by atoms with E-state index in [1.54, 1.807) is 0 Å². The molecule has 0 atom stereocenters. The van der Waals surface area contributed by atoms with E-state index < -0.39 is 44.7 Å². The van der Waals surface area contributed by atoms with E-state index in [0.717, 1.165) is 0 Å². The van der Waals surface area contributed by atoms with Gasteiger partial charge in [-0.3, -0.25) is 0 Å². The molecule has 0 aromatic rings. The van der Waals surface area contributed by atoms with Gasteiger partial charge in [-0.2, -0.15) is 15.6 Å². The van der Waals surface area contributed by atoms with Gasteiger partial charge in [-0.05, 0) is 0 Å². The Labute approximate surface area is 332 Å². The fourth-order valence-corrected chi connectivity index (χ4v) is 0. The summed E-state index contributed by atoms with van der Waals surface area (Å²) in [6.45, 7) is 0. The third-order valence-electron chi connectivity index (χ3n) is 0. The van der Waals surface area contributed by atoms with Gasteiger partial charge >= 0.3 is 288 Å².